The summed E-state index contributed by atoms with van der Waals surface area (Å²) in [5, 5.41) is 0. The van der Waals surface area contributed by atoms with E-state index >= 15 is 0 Å². The highest BCUT2D eigenvalue weighted by atomic mass is 16.5. The van der Waals surface area contributed by atoms with Crippen molar-refractivity contribution < 1.29 is 14.3 Å². The molecule has 1 amide bonds. The molecule has 110 valence electrons. The molecule has 1 saturated heterocycles. The molecule has 1 aliphatic heterocycles. The van der Waals surface area contributed by atoms with Crippen molar-refractivity contribution in [3.8, 4) is 0 Å². The van der Waals surface area contributed by atoms with Crippen LogP contribution in [0.3, 0.4) is 0 Å². The molecule has 1 aromatic carbocycles. The monoisotopic (exact) mass is 278 g/mol. The molecule has 2 N–H and O–H groups in total. The van der Waals surface area contributed by atoms with E-state index < -0.39 is 6.04 Å². The average molecular weight is 278 g/mol. The van der Waals surface area contributed by atoms with Gasteiger partial charge in [0.25, 0.3) is 0 Å². The summed E-state index contributed by atoms with van der Waals surface area (Å²) in [6.45, 7) is 2.19. The second-order valence-corrected chi connectivity index (χ2v) is 5.03. The largest absolute Gasteiger partial charge is 0.382 e. The molecule has 0 aromatic heterocycles. The van der Waals surface area contributed by atoms with Gasteiger partial charge in [-0.3, -0.25) is 4.79 Å². The molecule has 0 unspecified atom stereocenters. The predicted molar refractivity (Wildman–Crippen MR) is 76.3 cm³/mol. The van der Waals surface area contributed by atoms with Crippen molar-refractivity contribution in [2.45, 2.75) is 18.6 Å². The number of nitrogens with two attached hydrogens (primary N) is 1. The number of rotatable bonds is 5. The lowest BCUT2D eigenvalue weighted by Crippen LogP contribution is -2.52. The number of methoxy groups -OCH3 is 1. The number of morpholine rings is 1. The van der Waals surface area contributed by atoms with Crippen molar-refractivity contribution in [2.75, 3.05) is 33.4 Å². The van der Waals surface area contributed by atoms with Gasteiger partial charge in [0.15, 0.2) is 0 Å². The Kier molecular flexibility index (Phi) is 5.52. The molecule has 1 heterocycles. The number of hydrogen-bond acceptors (Lipinski definition) is 4. The molecule has 1 aromatic rings. The summed E-state index contributed by atoms with van der Waals surface area (Å²) >= 11 is 0. The zero-order chi connectivity index (χ0) is 14.4. The van der Waals surface area contributed by atoms with Gasteiger partial charge in [0.2, 0.25) is 5.91 Å². The summed E-state index contributed by atoms with van der Waals surface area (Å²) in [6.07, 6.45) is 0.507. The lowest BCUT2D eigenvalue weighted by Gasteiger charge is -2.34. The number of carbonyl (C=O) groups is 1. The molecule has 1 fully saturated rings. The van der Waals surface area contributed by atoms with Crippen LogP contribution in [0.4, 0.5) is 0 Å². The molecule has 2 rings (SSSR count). The van der Waals surface area contributed by atoms with E-state index in [4.69, 9.17) is 15.2 Å². The Bertz CT molecular complexity index is 422. The predicted octanol–water partition coefficient (Wildman–Crippen LogP) is 0.430. The Morgan fingerprint density at radius 1 is 1.50 bits per heavy atom. The fourth-order valence-electron chi connectivity index (χ4n) is 2.40. The molecule has 5 heteroatoms. The molecule has 0 aliphatic carbocycles. The van der Waals surface area contributed by atoms with E-state index in [1.165, 1.54) is 0 Å². The number of amides is 1. The molecular weight excluding hydrogens is 256 g/mol. The van der Waals surface area contributed by atoms with Gasteiger partial charge in [-0.2, -0.15) is 0 Å². The van der Waals surface area contributed by atoms with Crippen molar-refractivity contribution in [3.05, 3.63) is 35.9 Å². The van der Waals surface area contributed by atoms with Gasteiger partial charge in [-0.25, -0.2) is 0 Å². The molecule has 0 spiro atoms. The summed E-state index contributed by atoms with van der Waals surface area (Å²) in [7, 11) is 1.63. The van der Waals surface area contributed by atoms with Crippen LogP contribution in [0.15, 0.2) is 30.3 Å². The van der Waals surface area contributed by atoms with Gasteiger partial charge in [-0.05, 0) is 12.0 Å². The van der Waals surface area contributed by atoms with Crippen LogP contribution in [-0.4, -0.2) is 56.4 Å². The topological polar surface area (TPSA) is 64.8 Å². The Labute approximate surface area is 119 Å². The molecular formula is C15H22N2O3. The fourth-order valence-corrected chi connectivity index (χ4v) is 2.40. The third kappa shape index (κ3) is 4.03. The van der Waals surface area contributed by atoms with Gasteiger partial charge in [-0.1, -0.05) is 30.3 Å². The van der Waals surface area contributed by atoms with E-state index in [9.17, 15) is 4.79 Å². The van der Waals surface area contributed by atoms with Crippen LogP contribution in [0.2, 0.25) is 0 Å². The van der Waals surface area contributed by atoms with E-state index in [2.05, 4.69) is 0 Å². The first-order chi connectivity index (χ1) is 9.70. The number of hydrogen-bond donors (Lipinski definition) is 1. The number of benzene rings is 1. The summed E-state index contributed by atoms with van der Waals surface area (Å²) in [5.41, 5.74) is 7.11. The van der Waals surface area contributed by atoms with E-state index in [0.29, 0.717) is 32.7 Å². The van der Waals surface area contributed by atoms with Crippen molar-refractivity contribution in [3.63, 3.8) is 0 Å². The van der Waals surface area contributed by atoms with Crippen LogP contribution in [-0.2, 0) is 20.7 Å². The normalized spacial score (nSPS) is 20.7. The second kappa shape index (κ2) is 7.38. The van der Waals surface area contributed by atoms with Gasteiger partial charge in [-0.15, -0.1) is 0 Å². The summed E-state index contributed by atoms with van der Waals surface area (Å²) in [4.78, 5) is 14.1. The van der Waals surface area contributed by atoms with Crippen molar-refractivity contribution in [1.29, 1.82) is 0 Å². The molecule has 0 saturated carbocycles. The molecule has 0 bridgehead atoms. The van der Waals surface area contributed by atoms with Gasteiger partial charge in [0.1, 0.15) is 0 Å². The van der Waals surface area contributed by atoms with E-state index in [1.54, 1.807) is 12.0 Å². The minimum Gasteiger partial charge on any atom is -0.382 e. The van der Waals surface area contributed by atoms with Crippen LogP contribution in [0.5, 0.6) is 0 Å². The number of carbonyl (C=O) groups excluding carboxylic acids is 1. The Morgan fingerprint density at radius 3 is 2.95 bits per heavy atom. The first-order valence-corrected chi connectivity index (χ1v) is 6.89. The lowest BCUT2D eigenvalue weighted by molar-refractivity contribution is -0.142. The maximum absolute atomic E-state index is 12.4. The molecule has 20 heavy (non-hydrogen) atoms. The second-order valence-electron chi connectivity index (χ2n) is 5.03. The van der Waals surface area contributed by atoms with E-state index in [1.807, 2.05) is 30.3 Å². The van der Waals surface area contributed by atoms with Crippen LogP contribution in [0.25, 0.3) is 0 Å². The lowest BCUT2D eigenvalue weighted by atomic mass is 10.1. The number of nitrogens with zero attached hydrogens (tertiary/aromatic N) is 1. The third-order valence-corrected chi connectivity index (χ3v) is 3.42. The van der Waals surface area contributed by atoms with Crippen molar-refractivity contribution in [1.82, 2.24) is 4.90 Å². The minimum atomic E-state index is -0.501. The highest BCUT2D eigenvalue weighted by Gasteiger charge is 2.27. The van der Waals surface area contributed by atoms with Crippen LogP contribution >= 0.6 is 0 Å². The number of ether oxygens (including phenoxy) is 2. The maximum atomic E-state index is 12.4. The molecule has 0 radical (unpaired) electrons. The smallest absolute Gasteiger partial charge is 0.239 e. The van der Waals surface area contributed by atoms with Gasteiger partial charge in [0.05, 0.1) is 25.4 Å². The first kappa shape index (κ1) is 15.0. The highest BCUT2D eigenvalue weighted by molar-refractivity contribution is 5.82. The Hall–Kier alpha value is -1.43. The van der Waals surface area contributed by atoms with Crippen LogP contribution in [0, 0.1) is 0 Å². The zero-order valence-electron chi connectivity index (χ0n) is 11.8. The van der Waals surface area contributed by atoms with E-state index in [-0.39, 0.29) is 12.0 Å². The Morgan fingerprint density at radius 2 is 2.25 bits per heavy atom. The molecule has 2 atom stereocenters. The minimum absolute atomic E-state index is 0.0155. The van der Waals surface area contributed by atoms with E-state index in [0.717, 1.165) is 5.56 Å². The zero-order valence-corrected chi connectivity index (χ0v) is 11.8. The summed E-state index contributed by atoms with van der Waals surface area (Å²) in [5.74, 6) is -0.0155. The van der Waals surface area contributed by atoms with Crippen molar-refractivity contribution >= 4 is 5.91 Å². The quantitative estimate of drug-likeness (QED) is 0.848. The molecule has 1 aliphatic rings. The highest BCUT2D eigenvalue weighted by Crippen LogP contribution is 2.09. The Balaban J connectivity index is 1.89. The van der Waals surface area contributed by atoms with Crippen molar-refractivity contribution in [2.24, 2.45) is 5.73 Å². The average Bonchev–Trinajstić information content (AvgIpc) is 2.48. The van der Waals surface area contributed by atoms with Crippen LogP contribution in [0.1, 0.15) is 5.56 Å². The SMILES string of the molecule is COC[C@H]1CN(C(=O)[C@@H](N)Cc2ccccc2)CCO1. The summed E-state index contributed by atoms with van der Waals surface area (Å²) < 4.78 is 10.6. The van der Waals surface area contributed by atoms with Gasteiger partial charge in [0, 0.05) is 20.2 Å². The van der Waals surface area contributed by atoms with Crippen LogP contribution < -0.4 is 5.73 Å². The molecule has 5 nitrogen and oxygen atoms in total. The third-order valence-electron chi connectivity index (χ3n) is 3.42. The van der Waals surface area contributed by atoms with Gasteiger partial charge >= 0.3 is 0 Å². The summed E-state index contributed by atoms with van der Waals surface area (Å²) in [6, 6.07) is 9.33. The standard InChI is InChI=1S/C15H22N2O3/c1-19-11-13-10-17(7-8-20-13)15(18)14(16)9-12-5-3-2-4-6-12/h2-6,13-14H,7-11,16H2,1H3/t13-,14+/m1/s1. The first-order valence-electron chi connectivity index (χ1n) is 6.89. The fraction of sp³-hybridized carbons (Fsp3) is 0.533. The maximum Gasteiger partial charge on any atom is 0.239 e. The van der Waals surface area contributed by atoms with Gasteiger partial charge < -0.3 is 20.1 Å².